The second-order valence-corrected chi connectivity index (χ2v) is 7.08. The fourth-order valence-electron chi connectivity index (χ4n) is 2.71. The highest BCUT2D eigenvalue weighted by atomic mass is 16.2. The fourth-order valence-corrected chi connectivity index (χ4v) is 2.71. The Morgan fingerprint density at radius 2 is 1.58 bits per heavy atom. The summed E-state index contributed by atoms with van der Waals surface area (Å²) >= 11 is 0. The topological polar surface area (TPSA) is 61.4 Å². The molecule has 0 bridgehead atoms. The lowest BCUT2D eigenvalue weighted by Crippen LogP contribution is -2.22. The van der Waals surface area contributed by atoms with Crippen LogP contribution in [0.15, 0.2) is 48.5 Å². The standard InChI is InChI=1S/C21H25N3O2/c1-24(2)14-16-5-3-15(4-6-16)13-22-20(25)17-9-11-19(12-10-17)23-21(26)18-7-8-18/h3-6,9-12,18H,7-8,13-14H2,1-2H3,(H,22,25)(H,23,26). The molecule has 0 saturated heterocycles. The van der Waals surface area contributed by atoms with E-state index in [1.54, 1.807) is 24.3 Å². The first-order valence-corrected chi connectivity index (χ1v) is 8.93. The molecule has 2 N–H and O–H groups in total. The van der Waals surface area contributed by atoms with Crippen LogP contribution < -0.4 is 10.6 Å². The maximum atomic E-state index is 12.3. The summed E-state index contributed by atoms with van der Waals surface area (Å²) in [5.74, 6) is 0.115. The first-order valence-electron chi connectivity index (χ1n) is 8.93. The summed E-state index contributed by atoms with van der Waals surface area (Å²) in [7, 11) is 4.08. The van der Waals surface area contributed by atoms with Gasteiger partial charge in [0.1, 0.15) is 0 Å². The summed E-state index contributed by atoms with van der Waals surface area (Å²) in [6, 6.07) is 15.2. The predicted molar refractivity (Wildman–Crippen MR) is 103 cm³/mol. The molecular weight excluding hydrogens is 326 g/mol. The SMILES string of the molecule is CN(C)Cc1ccc(CNC(=O)c2ccc(NC(=O)C3CC3)cc2)cc1. The number of hydrogen-bond donors (Lipinski definition) is 2. The Bertz CT molecular complexity index is 763. The Hall–Kier alpha value is -2.66. The molecular formula is C21H25N3O2. The van der Waals surface area contributed by atoms with Gasteiger partial charge in [0.15, 0.2) is 0 Å². The van der Waals surface area contributed by atoms with E-state index in [0.29, 0.717) is 12.1 Å². The second kappa shape index (κ2) is 8.15. The van der Waals surface area contributed by atoms with Crippen LogP contribution in [0.25, 0.3) is 0 Å². The van der Waals surface area contributed by atoms with Crippen molar-refractivity contribution >= 4 is 17.5 Å². The minimum absolute atomic E-state index is 0.0694. The summed E-state index contributed by atoms with van der Waals surface area (Å²) in [5.41, 5.74) is 3.62. The average Bonchev–Trinajstić information content (AvgIpc) is 3.46. The van der Waals surface area contributed by atoms with E-state index < -0.39 is 0 Å². The van der Waals surface area contributed by atoms with E-state index in [2.05, 4.69) is 27.7 Å². The number of amides is 2. The number of carbonyl (C=O) groups excluding carboxylic acids is 2. The minimum Gasteiger partial charge on any atom is -0.348 e. The highest BCUT2D eigenvalue weighted by Crippen LogP contribution is 2.30. The third kappa shape index (κ3) is 5.17. The van der Waals surface area contributed by atoms with E-state index in [9.17, 15) is 9.59 Å². The van der Waals surface area contributed by atoms with Crippen LogP contribution in [-0.2, 0) is 17.9 Å². The van der Waals surface area contributed by atoms with Gasteiger partial charge in [-0.2, -0.15) is 0 Å². The van der Waals surface area contributed by atoms with E-state index in [0.717, 1.165) is 30.6 Å². The Morgan fingerprint density at radius 3 is 2.15 bits per heavy atom. The molecule has 3 rings (SSSR count). The van der Waals surface area contributed by atoms with Gasteiger partial charge in [0, 0.05) is 30.3 Å². The summed E-state index contributed by atoms with van der Waals surface area (Å²) in [5, 5.41) is 5.80. The smallest absolute Gasteiger partial charge is 0.251 e. The molecule has 1 saturated carbocycles. The lowest BCUT2D eigenvalue weighted by Gasteiger charge is -2.11. The van der Waals surface area contributed by atoms with Crippen molar-refractivity contribution < 1.29 is 9.59 Å². The molecule has 1 aliphatic carbocycles. The van der Waals surface area contributed by atoms with E-state index in [4.69, 9.17) is 0 Å². The van der Waals surface area contributed by atoms with Gasteiger partial charge in [-0.1, -0.05) is 24.3 Å². The Kier molecular flexibility index (Phi) is 5.68. The molecule has 2 amide bonds. The minimum atomic E-state index is -0.123. The van der Waals surface area contributed by atoms with Crippen LogP contribution in [0, 0.1) is 5.92 Å². The van der Waals surface area contributed by atoms with Crippen molar-refractivity contribution in [1.29, 1.82) is 0 Å². The molecule has 0 unspecified atom stereocenters. The van der Waals surface area contributed by atoms with E-state index in [1.165, 1.54) is 5.56 Å². The monoisotopic (exact) mass is 351 g/mol. The summed E-state index contributed by atoms with van der Waals surface area (Å²) in [6.45, 7) is 1.39. The van der Waals surface area contributed by atoms with Crippen LogP contribution in [0.5, 0.6) is 0 Å². The molecule has 26 heavy (non-hydrogen) atoms. The lowest BCUT2D eigenvalue weighted by atomic mass is 10.1. The summed E-state index contributed by atoms with van der Waals surface area (Å²) in [4.78, 5) is 26.1. The van der Waals surface area contributed by atoms with Gasteiger partial charge in [-0.25, -0.2) is 0 Å². The predicted octanol–water partition coefficient (Wildman–Crippen LogP) is 3.03. The Balaban J connectivity index is 1.50. The third-order valence-electron chi connectivity index (χ3n) is 4.34. The number of carbonyl (C=O) groups is 2. The average molecular weight is 351 g/mol. The first kappa shape index (κ1) is 18.1. The van der Waals surface area contributed by atoms with Gasteiger partial charge in [0.25, 0.3) is 5.91 Å². The van der Waals surface area contributed by atoms with Gasteiger partial charge in [-0.15, -0.1) is 0 Å². The molecule has 1 fully saturated rings. The van der Waals surface area contributed by atoms with Crippen molar-refractivity contribution in [2.45, 2.75) is 25.9 Å². The van der Waals surface area contributed by atoms with Gasteiger partial charge >= 0.3 is 0 Å². The highest BCUT2D eigenvalue weighted by molar-refractivity contribution is 5.96. The van der Waals surface area contributed by atoms with Crippen LogP contribution in [0.3, 0.4) is 0 Å². The molecule has 5 heteroatoms. The molecule has 0 radical (unpaired) electrons. The maximum absolute atomic E-state index is 12.3. The highest BCUT2D eigenvalue weighted by Gasteiger charge is 2.29. The van der Waals surface area contributed by atoms with Crippen molar-refractivity contribution in [2.75, 3.05) is 19.4 Å². The van der Waals surface area contributed by atoms with Crippen LogP contribution >= 0.6 is 0 Å². The number of nitrogens with one attached hydrogen (secondary N) is 2. The molecule has 0 atom stereocenters. The fraction of sp³-hybridized carbons (Fsp3) is 0.333. The first-order chi connectivity index (χ1) is 12.5. The Labute approximate surface area is 154 Å². The van der Waals surface area contributed by atoms with Crippen molar-refractivity contribution in [3.05, 3.63) is 65.2 Å². The van der Waals surface area contributed by atoms with E-state index in [-0.39, 0.29) is 17.7 Å². The molecule has 0 aliphatic heterocycles. The Morgan fingerprint density at radius 1 is 0.962 bits per heavy atom. The zero-order valence-electron chi connectivity index (χ0n) is 15.3. The van der Waals surface area contributed by atoms with Gasteiger partial charge < -0.3 is 15.5 Å². The van der Waals surface area contributed by atoms with Crippen molar-refractivity contribution in [1.82, 2.24) is 10.2 Å². The number of nitrogens with zero attached hydrogens (tertiary/aromatic N) is 1. The van der Waals surface area contributed by atoms with Gasteiger partial charge in [0.05, 0.1) is 0 Å². The van der Waals surface area contributed by atoms with Crippen molar-refractivity contribution in [2.24, 2.45) is 5.92 Å². The van der Waals surface area contributed by atoms with Crippen molar-refractivity contribution in [3.63, 3.8) is 0 Å². The molecule has 0 heterocycles. The van der Waals surface area contributed by atoms with Gasteiger partial charge in [-0.05, 0) is 62.3 Å². The normalized spacial score (nSPS) is 13.5. The van der Waals surface area contributed by atoms with Crippen LogP contribution in [0.1, 0.15) is 34.3 Å². The summed E-state index contributed by atoms with van der Waals surface area (Å²) in [6.07, 6.45) is 1.95. The van der Waals surface area contributed by atoms with E-state index in [1.807, 2.05) is 26.2 Å². The number of anilines is 1. The molecule has 1 aliphatic rings. The molecule has 0 aromatic heterocycles. The molecule has 136 valence electrons. The molecule has 2 aromatic rings. The zero-order chi connectivity index (χ0) is 18.5. The number of benzene rings is 2. The van der Waals surface area contributed by atoms with Crippen LogP contribution in [0.4, 0.5) is 5.69 Å². The number of rotatable bonds is 7. The second-order valence-electron chi connectivity index (χ2n) is 7.08. The van der Waals surface area contributed by atoms with Crippen molar-refractivity contribution in [3.8, 4) is 0 Å². The van der Waals surface area contributed by atoms with Crippen LogP contribution in [0.2, 0.25) is 0 Å². The van der Waals surface area contributed by atoms with Crippen LogP contribution in [-0.4, -0.2) is 30.8 Å². The van der Waals surface area contributed by atoms with Gasteiger partial charge in [0.2, 0.25) is 5.91 Å². The zero-order valence-corrected chi connectivity index (χ0v) is 15.3. The third-order valence-corrected chi connectivity index (χ3v) is 4.34. The molecule has 0 spiro atoms. The largest absolute Gasteiger partial charge is 0.348 e. The quantitative estimate of drug-likeness (QED) is 0.806. The maximum Gasteiger partial charge on any atom is 0.251 e. The van der Waals surface area contributed by atoms with E-state index >= 15 is 0 Å². The lowest BCUT2D eigenvalue weighted by molar-refractivity contribution is -0.117. The molecule has 5 nitrogen and oxygen atoms in total. The van der Waals surface area contributed by atoms with Gasteiger partial charge in [-0.3, -0.25) is 9.59 Å². The molecule has 2 aromatic carbocycles. The summed E-state index contributed by atoms with van der Waals surface area (Å²) < 4.78 is 0. The number of hydrogen-bond acceptors (Lipinski definition) is 3.